The molecule has 0 bridgehead atoms. The van der Waals surface area contributed by atoms with Crippen molar-refractivity contribution in [3.8, 4) is 16.9 Å². The third-order valence-corrected chi connectivity index (χ3v) is 5.66. The Kier molecular flexibility index (Phi) is 6.95. The van der Waals surface area contributed by atoms with Gasteiger partial charge in [0.15, 0.2) is 0 Å². The van der Waals surface area contributed by atoms with Crippen LogP contribution in [0.2, 0.25) is 5.02 Å². The molecule has 10 heteroatoms. The van der Waals surface area contributed by atoms with Crippen molar-refractivity contribution >= 4 is 17.5 Å². The maximum Gasteiger partial charge on any atom is 0.251 e. The number of halogens is 1. The Morgan fingerprint density at radius 3 is 2.59 bits per heavy atom. The first-order valence-electron chi connectivity index (χ1n) is 10.7. The van der Waals surface area contributed by atoms with Gasteiger partial charge in [-0.25, -0.2) is 9.67 Å². The minimum Gasteiger partial charge on any atom is -0.346 e. The van der Waals surface area contributed by atoms with Crippen molar-refractivity contribution in [2.45, 2.75) is 26.4 Å². The van der Waals surface area contributed by atoms with Crippen LogP contribution in [0.25, 0.3) is 16.9 Å². The molecule has 1 unspecified atom stereocenters. The molecule has 9 nitrogen and oxygen atoms in total. The van der Waals surface area contributed by atoms with Crippen molar-refractivity contribution in [1.29, 1.82) is 0 Å². The first-order chi connectivity index (χ1) is 16.3. The summed E-state index contributed by atoms with van der Waals surface area (Å²) in [6.07, 6.45) is 6.41. The van der Waals surface area contributed by atoms with Gasteiger partial charge in [-0.05, 0) is 58.3 Å². The van der Waals surface area contributed by atoms with Crippen LogP contribution in [0.1, 0.15) is 40.5 Å². The molecule has 4 aromatic rings. The fourth-order valence-electron chi connectivity index (χ4n) is 3.31. The summed E-state index contributed by atoms with van der Waals surface area (Å²) in [4.78, 5) is 32.6. The Morgan fingerprint density at radius 1 is 1.09 bits per heavy atom. The number of hydrogen-bond donors (Lipinski definition) is 1. The van der Waals surface area contributed by atoms with E-state index in [1.54, 1.807) is 41.5 Å². The van der Waals surface area contributed by atoms with Crippen molar-refractivity contribution in [3.05, 3.63) is 83.0 Å². The summed E-state index contributed by atoms with van der Waals surface area (Å²) in [6, 6.07) is 9.10. The average molecular weight is 477 g/mol. The highest BCUT2D eigenvalue weighted by molar-refractivity contribution is 6.30. The minimum atomic E-state index is -0.248. The predicted molar refractivity (Wildman–Crippen MR) is 130 cm³/mol. The third-order valence-electron chi connectivity index (χ3n) is 5.43. The number of pyridine rings is 1. The quantitative estimate of drug-likeness (QED) is 0.434. The van der Waals surface area contributed by atoms with Crippen LogP contribution >= 0.6 is 11.6 Å². The zero-order chi connectivity index (χ0) is 24.2. The van der Waals surface area contributed by atoms with Gasteiger partial charge in [0.05, 0.1) is 46.6 Å². The molecule has 0 aliphatic rings. The molecule has 1 atom stereocenters. The molecule has 0 saturated carbocycles. The van der Waals surface area contributed by atoms with Gasteiger partial charge in [0, 0.05) is 23.5 Å². The van der Waals surface area contributed by atoms with E-state index in [1.165, 1.54) is 6.33 Å². The molecule has 1 amide bonds. The van der Waals surface area contributed by atoms with Crippen molar-refractivity contribution in [2.75, 3.05) is 14.1 Å². The summed E-state index contributed by atoms with van der Waals surface area (Å²) in [7, 11) is 3.95. The molecule has 0 fully saturated rings. The number of carbonyl (C=O) groups is 1. The molecule has 3 heterocycles. The molecule has 0 aliphatic heterocycles. The van der Waals surface area contributed by atoms with Gasteiger partial charge in [-0.3, -0.25) is 24.6 Å². The number of rotatable bonds is 7. The Morgan fingerprint density at radius 2 is 1.91 bits per heavy atom. The molecule has 1 aromatic carbocycles. The molecule has 34 heavy (non-hydrogen) atoms. The molecule has 0 saturated heterocycles. The second-order valence-corrected chi connectivity index (χ2v) is 8.57. The number of amides is 1. The lowest BCUT2D eigenvalue weighted by atomic mass is 10.0. The topological polar surface area (TPSA) is 102 Å². The van der Waals surface area contributed by atoms with Crippen LogP contribution in [0.3, 0.4) is 0 Å². The lowest BCUT2D eigenvalue weighted by Gasteiger charge is -2.20. The molecule has 3 aromatic heterocycles. The summed E-state index contributed by atoms with van der Waals surface area (Å²) in [6.45, 7) is 4.17. The largest absolute Gasteiger partial charge is 0.346 e. The van der Waals surface area contributed by atoms with Crippen LogP contribution < -0.4 is 5.32 Å². The highest BCUT2D eigenvalue weighted by atomic mass is 35.5. The van der Waals surface area contributed by atoms with E-state index in [0.29, 0.717) is 27.7 Å². The van der Waals surface area contributed by atoms with Gasteiger partial charge in [-0.2, -0.15) is 5.10 Å². The van der Waals surface area contributed by atoms with Gasteiger partial charge in [0.2, 0.25) is 0 Å². The van der Waals surface area contributed by atoms with Crippen LogP contribution in [0.5, 0.6) is 0 Å². The van der Waals surface area contributed by atoms with Gasteiger partial charge in [0.25, 0.3) is 5.91 Å². The van der Waals surface area contributed by atoms with Crippen LogP contribution in [0, 0.1) is 6.92 Å². The number of nitrogens with one attached hydrogen (secondary N) is 1. The molecular weight excluding hydrogens is 452 g/mol. The molecule has 0 radical (unpaired) electrons. The molecule has 0 aliphatic carbocycles. The highest BCUT2D eigenvalue weighted by Gasteiger charge is 2.19. The molecular formula is C24H25ClN8O. The molecule has 1 N–H and O–H groups in total. The first kappa shape index (κ1) is 23.5. The van der Waals surface area contributed by atoms with E-state index in [0.717, 1.165) is 17.1 Å². The van der Waals surface area contributed by atoms with E-state index in [4.69, 9.17) is 11.6 Å². The summed E-state index contributed by atoms with van der Waals surface area (Å²) in [5, 5.41) is 7.88. The van der Waals surface area contributed by atoms with Gasteiger partial charge in [-0.15, -0.1) is 0 Å². The van der Waals surface area contributed by atoms with Crippen LogP contribution in [-0.4, -0.2) is 54.6 Å². The van der Waals surface area contributed by atoms with Crippen LogP contribution in [0.4, 0.5) is 0 Å². The van der Waals surface area contributed by atoms with E-state index in [-0.39, 0.29) is 18.5 Å². The van der Waals surface area contributed by atoms with E-state index < -0.39 is 0 Å². The average Bonchev–Trinajstić information content (AvgIpc) is 3.33. The third kappa shape index (κ3) is 5.27. The van der Waals surface area contributed by atoms with Gasteiger partial charge in [-0.1, -0.05) is 11.6 Å². The summed E-state index contributed by atoms with van der Waals surface area (Å²) in [5.74, 6) is 0.509. The second kappa shape index (κ2) is 10.1. The summed E-state index contributed by atoms with van der Waals surface area (Å²) >= 11 is 6.02. The van der Waals surface area contributed by atoms with Gasteiger partial charge < -0.3 is 5.32 Å². The molecule has 174 valence electrons. The van der Waals surface area contributed by atoms with E-state index in [9.17, 15) is 4.79 Å². The first-order valence-corrected chi connectivity index (χ1v) is 11.1. The van der Waals surface area contributed by atoms with E-state index in [1.807, 2.05) is 45.0 Å². The highest BCUT2D eigenvalue weighted by Crippen LogP contribution is 2.26. The smallest absolute Gasteiger partial charge is 0.251 e. The number of benzene rings is 1. The summed E-state index contributed by atoms with van der Waals surface area (Å²) in [5.41, 5.74) is 4.10. The maximum atomic E-state index is 13.1. The SMILES string of the molecule is Cc1cnc(CNC(=O)c2cc(-c3ccc(Cl)cn3)cc(-n3ncnc3C(C)N(C)C)c2)cn1. The maximum absolute atomic E-state index is 13.1. The van der Waals surface area contributed by atoms with Crippen molar-refractivity contribution in [1.82, 2.24) is 39.9 Å². The number of hydrogen-bond acceptors (Lipinski definition) is 7. The second-order valence-electron chi connectivity index (χ2n) is 8.13. The van der Waals surface area contributed by atoms with Crippen LogP contribution in [0.15, 0.2) is 55.2 Å². The van der Waals surface area contributed by atoms with Gasteiger partial charge >= 0.3 is 0 Å². The van der Waals surface area contributed by atoms with E-state index in [2.05, 4.69) is 30.4 Å². The lowest BCUT2D eigenvalue weighted by Crippen LogP contribution is -2.24. The minimum absolute atomic E-state index is 0.0113. The molecule has 0 spiro atoms. The number of aryl methyl sites for hydroxylation is 1. The Hall–Kier alpha value is -3.69. The van der Waals surface area contributed by atoms with Gasteiger partial charge in [0.1, 0.15) is 12.2 Å². The standard InChI is InChI=1S/C24H25ClN8O/c1-15-10-27-20(12-26-15)13-29-24(34)18-7-17(22-6-5-19(25)11-28-22)8-21(9-18)33-23(30-14-31-33)16(2)32(3)4/h5-12,14,16H,13H2,1-4H3,(H,29,34). The van der Waals surface area contributed by atoms with Crippen molar-refractivity contribution < 1.29 is 4.79 Å². The zero-order valence-electron chi connectivity index (χ0n) is 19.4. The molecule has 4 rings (SSSR count). The van der Waals surface area contributed by atoms with E-state index >= 15 is 0 Å². The monoisotopic (exact) mass is 476 g/mol. The zero-order valence-corrected chi connectivity index (χ0v) is 20.2. The Bertz CT molecular complexity index is 1290. The Labute approximate surface area is 202 Å². The lowest BCUT2D eigenvalue weighted by molar-refractivity contribution is 0.0950. The van der Waals surface area contributed by atoms with Crippen molar-refractivity contribution in [2.24, 2.45) is 0 Å². The fourth-order valence-corrected chi connectivity index (χ4v) is 3.42. The predicted octanol–water partition coefficient (Wildman–Crippen LogP) is 3.63. The van der Waals surface area contributed by atoms with Crippen molar-refractivity contribution in [3.63, 3.8) is 0 Å². The van der Waals surface area contributed by atoms with Crippen LogP contribution in [-0.2, 0) is 6.54 Å². The normalized spacial score (nSPS) is 12.1. The number of carbonyl (C=O) groups excluding carboxylic acids is 1. The number of nitrogens with zero attached hydrogens (tertiary/aromatic N) is 7. The number of aromatic nitrogens is 6. The fraction of sp³-hybridized carbons (Fsp3) is 0.250. The Balaban J connectivity index is 1.72. The summed E-state index contributed by atoms with van der Waals surface area (Å²) < 4.78 is 1.74.